The summed E-state index contributed by atoms with van der Waals surface area (Å²) in [5.74, 6) is 0.894. The number of nitrogens with one attached hydrogen (secondary N) is 1. The second-order valence-corrected chi connectivity index (χ2v) is 5.80. The second-order valence-electron chi connectivity index (χ2n) is 4.94. The van der Waals surface area contributed by atoms with Crippen LogP contribution in [0.3, 0.4) is 0 Å². The number of benzene rings is 1. The Hall–Kier alpha value is -0.340. The van der Waals surface area contributed by atoms with E-state index in [1.165, 1.54) is 35.7 Å². The van der Waals surface area contributed by atoms with Gasteiger partial charge in [-0.05, 0) is 30.4 Å². The zero-order valence-electron chi connectivity index (χ0n) is 9.88. The standard InChI is InChI=1S/C14H20BrN/c1-11-5-4-7-13(9-11)16-10-12-6-2-3-8-14(12)15/h2-3,6,8,11,13,16H,4-5,7,9-10H2,1H3. The summed E-state index contributed by atoms with van der Waals surface area (Å²) in [4.78, 5) is 0. The molecule has 0 bridgehead atoms. The van der Waals surface area contributed by atoms with Crippen molar-refractivity contribution in [2.45, 2.75) is 45.2 Å². The molecule has 1 fully saturated rings. The largest absolute Gasteiger partial charge is 0.310 e. The van der Waals surface area contributed by atoms with Crippen molar-refractivity contribution in [2.24, 2.45) is 5.92 Å². The van der Waals surface area contributed by atoms with Gasteiger partial charge in [-0.15, -0.1) is 0 Å². The lowest BCUT2D eigenvalue weighted by molar-refractivity contribution is 0.300. The maximum atomic E-state index is 3.68. The van der Waals surface area contributed by atoms with Crippen LogP contribution in [0, 0.1) is 5.92 Å². The molecule has 0 radical (unpaired) electrons. The molecule has 0 spiro atoms. The minimum Gasteiger partial charge on any atom is -0.310 e. The van der Waals surface area contributed by atoms with Crippen LogP contribution in [0.5, 0.6) is 0 Å². The van der Waals surface area contributed by atoms with Gasteiger partial charge in [0, 0.05) is 17.1 Å². The zero-order valence-corrected chi connectivity index (χ0v) is 11.5. The quantitative estimate of drug-likeness (QED) is 0.879. The van der Waals surface area contributed by atoms with Gasteiger partial charge in [0.2, 0.25) is 0 Å². The van der Waals surface area contributed by atoms with E-state index >= 15 is 0 Å². The fraction of sp³-hybridized carbons (Fsp3) is 0.571. The lowest BCUT2D eigenvalue weighted by Crippen LogP contribution is -2.33. The van der Waals surface area contributed by atoms with E-state index in [-0.39, 0.29) is 0 Å². The molecular formula is C14H20BrN. The molecule has 1 N–H and O–H groups in total. The molecule has 16 heavy (non-hydrogen) atoms. The van der Waals surface area contributed by atoms with Gasteiger partial charge in [0.25, 0.3) is 0 Å². The first-order chi connectivity index (χ1) is 7.75. The van der Waals surface area contributed by atoms with Crippen molar-refractivity contribution in [1.82, 2.24) is 5.32 Å². The molecule has 1 aliphatic carbocycles. The van der Waals surface area contributed by atoms with E-state index in [1.807, 2.05) is 0 Å². The van der Waals surface area contributed by atoms with E-state index in [2.05, 4.69) is 52.4 Å². The first kappa shape index (κ1) is 12.1. The van der Waals surface area contributed by atoms with Crippen LogP contribution in [0.25, 0.3) is 0 Å². The number of halogens is 1. The fourth-order valence-corrected chi connectivity index (χ4v) is 2.94. The predicted molar refractivity (Wildman–Crippen MR) is 72.4 cm³/mol. The van der Waals surface area contributed by atoms with Gasteiger partial charge in [-0.2, -0.15) is 0 Å². The van der Waals surface area contributed by atoms with E-state index in [9.17, 15) is 0 Å². The molecule has 0 amide bonds. The Balaban J connectivity index is 1.85. The third kappa shape index (κ3) is 3.33. The van der Waals surface area contributed by atoms with Crippen LogP contribution < -0.4 is 5.32 Å². The summed E-state index contributed by atoms with van der Waals surface area (Å²) >= 11 is 3.59. The summed E-state index contributed by atoms with van der Waals surface area (Å²) in [6, 6.07) is 9.18. The van der Waals surface area contributed by atoms with Gasteiger partial charge in [-0.3, -0.25) is 0 Å². The topological polar surface area (TPSA) is 12.0 Å². The van der Waals surface area contributed by atoms with E-state index in [0.29, 0.717) is 0 Å². The fourth-order valence-electron chi connectivity index (χ4n) is 2.52. The number of rotatable bonds is 3. The average Bonchev–Trinajstić information content (AvgIpc) is 2.28. The van der Waals surface area contributed by atoms with Crippen LogP contribution in [0.1, 0.15) is 38.2 Å². The molecule has 1 aromatic carbocycles. The van der Waals surface area contributed by atoms with E-state index in [1.54, 1.807) is 0 Å². The molecule has 1 aliphatic rings. The summed E-state index contributed by atoms with van der Waals surface area (Å²) < 4.78 is 1.21. The Morgan fingerprint density at radius 2 is 2.12 bits per heavy atom. The van der Waals surface area contributed by atoms with Crippen LogP contribution in [0.4, 0.5) is 0 Å². The van der Waals surface area contributed by atoms with Gasteiger partial charge in [-0.25, -0.2) is 0 Å². The van der Waals surface area contributed by atoms with Crippen molar-refractivity contribution in [1.29, 1.82) is 0 Å². The maximum absolute atomic E-state index is 3.68. The molecule has 0 aromatic heterocycles. The molecule has 2 heteroatoms. The van der Waals surface area contributed by atoms with E-state index in [0.717, 1.165) is 18.5 Å². The van der Waals surface area contributed by atoms with Crippen molar-refractivity contribution in [3.63, 3.8) is 0 Å². The van der Waals surface area contributed by atoms with Gasteiger partial charge in [0.15, 0.2) is 0 Å². The zero-order chi connectivity index (χ0) is 11.4. The van der Waals surface area contributed by atoms with Gasteiger partial charge in [0.05, 0.1) is 0 Å². The highest BCUT2D eigenvalue weighted by Crippen LogP contribution is 2.24. The molecule has 88 valence electrons. The summed E-state index contributed by atoms with van der Waals surface area (Å²) in [6.45, 7) is 3.35. The molecule has 1 aromatic rings. The van der Waals surface area contributed by atoms with Crippen LogP contribution in [0.2, 0.25) is 0 Å². The Morgan fingerprint density at radius 1 is 1.31 bits per heavy atom. The molecule has 0 heterocycles. The van der Waals surface area contributed by atoms with Crippen LogP contribution in [0.15, 0.2) is 28.7 Å². The van der Waals surface area contributed by atoms with Crippen molar-refractivity contribution in [2.75, 3.05) is 0 Å². The summed E-state index contributed by atoms with van der Waals surface area (Å²) in [6.07, 6.45) is 5.47. The van der Waals surface area contributed by atoms with Gasteiger partial charge in [0.1, 0.15) is 0 Å². The first-order valence-electron chi connectivity index (χ1n) is 6.22. The Bertz CT molecular complexity index is 337. The monoisotopic (exact) mass is 281 g/mol. The van der Waals surface area contributed by atoms with Crippen LogP contribution in [-0.4, -0.2) is 6.04 Å². The first-order valence-corrected chi connectivity index (χ1v) is 7.02. The number of hydrogen-bond donors (Lipinski definition) is 1. The lowest BCUT2D eigenvalue weighted by Gasteiger charge is -2.27. The van der Waals surface area contributed by atoms with Crippen molar-refractivity contribution < 1.29 is 0 Å². The SMILES string of the molecule is CC1CCCC(NCc2ccccc2Br)C1. The van der Waals surface area contributed by atoms with Gasteiger partial charge in [-0.1, -0.05) is 53.9 Å². The maximum Gasteiger partial charge on any atom is 0.0220 e. The molecule has 1 saturated carbocycles. The normalized spacial score (nSPS) is 25.6. The van der Waals surface area contributed by atoms with Gasteiger partial charge >= 0.3 is 0 Å². The second kappa shape index (κ2) is 5.83. The van der Waals surface area contributed by atoms with E-state index < -0.39 is 0 Å². The summed E-state index contributed by atoms with van der Waals surface area (Å²) in [7, 11) is 0. The highest BCUT2D eigenvalue weighted by Gasteiger charge is 2.18. The van der Waals surface area contributed by atoms with Crippen molar-refractivity contribution in [3.05, 3.63) is 34.3 Å². The molecule has 2 atom stereocenters. The minimum atomic E-state index is 0.718. The lowest BCUT2D eigenvalue weighted by atomic mass is 9.87. The molecular weight excluding hydrogens is 262 g/mol. The minimum absolute atomic E-state index is 0.718. The van der Waals surface area contributed by atoms with Crippen molar-refractivity contribution >= 4 is 15.9 Å². The van der Waals surface area contributed by atoms with Gasteiger partial charge < -0.3 is 5.32 Å². The van der Waals surface area contributed by atoms with Crippen molar-refractivity contribution in [3.8, 4) is 0 Å². The van der Waals surface area contributed by atoms with Crippen LogP contribution in [-0.2, 0) is 6.54 Å². The molecule has 1 nitrogen and oxygen atoms in total. The average molecular weight is 282 g/mol. The Labute approximate surface area is 107 Å². The Kier molecular flexibility index (Phi) is 4.42. The summed E-state index contributed by atoms with van der Waals surface area (Å²) in [5, 5.41) is 3.68. The summed E-state index contributed by atoms with van der Waals surface area (Å²) in [5.41, 5.74) is 1.36. The Morgan fingerprint density at radius 3 is 2.88 bits per heavy atom. The molecule has 2 unspecified atom stereocenters. The predicted octanol–water partition coefficient (Wildman–Crippen LogP) is 4.12. The number of hydrogen-bond acceptors (Lipinski definition) is 1. The van der Waals surface area contributed by atoms with Crippen LogP contribution >= 0.6 is 15.9 Å². The molecule has 0 saturated heterocycles. The molecule has 2 rings (SSSR count). The molecule has 0 aliphatic heterocycles. The highest BCUT2D eigenvalue weighted by molar-refractivity contribution is 9.10. The third-order valence-corrected chi connectivity index (χ3v) is 4.25. The smallest absolute Gasteiger partial charge is 0.0220 e. The third-order valence-electron chi connectivity index (χ3n) is 3.48. The highest BCUT2D eigenvalue weighted by atomic mass is 79.9. The van der Waals surface area contributed by atoms with E-state index in [4.69, 9.17) is 0 Å².